The van der Waals surface area contributed by atoms with E-state index < -0.39 is 0 Å². The van der Waals surface area contributed by atoms with Crippen molar-refractivity contribution < 1.29 is 4.74 Å². The maximum atomic E-state index is 5.96. The van der Waals surface area contributed by atoms with Gasteiger partial charge in [0.15, 0.2) is 0 Å². The minimum absolute atomic E-state index is 0.170. The van der Waals surface area contributed by atoms with Gasteiger partial charge in [-0.05, 0) is 42.6 Å². The highest BCUT2D eigenvalue weighted by Gasteiger charge is 2.22. The van der Waals surface area contributed by atoms with E-state index in [9.17, 15) is 0 Å². The fourth-order valence-corrected chi connectivity index (χ4v) is 2.73. The second kappa shape index (κ2) is 6.82. The number of hydrogen-bond acceptors (Lipinski definition) is 6. The fourth-order valence-electron chi connectivity index (χ4n) is 1.97. The first-order valence-electron chi connectivity index (χ1n) is 6.86. The van der Waals surface area contributed by atoms with Crippen LogP contribution in [0.3, 0.4) is 0 Å². The van der Waals surface area contributed by atoms with Gasteiger partial charge in [-0.1, -0.05) is 22.6 Å². The van der Waals surface area contributed by atoms with Crippen LogP contribution in [0.4, 0.5) is 17.6 Å². The molecule has 1 heterocycles. The second-order valence-electron chi connectivity index (χ2n) is 4.96. The molecule has 0 spiro atoms. The Morgan fingerprint density at radius 3 is 2.73 bits per heavy atom. The molecular weight excluding hydrogens is 417 g/mol. The first kappa shape index (κ1) is 15.5. The molecule has 6 nitrogen and oxygen atoms in total. The molecule has 22 heavy (non-hydrogen) atoms. The summed E-state index contributed by atoms with van der Waals surface area (Å²) in [5, 5.41) is 6.54. The zero-order valence-electron chi connectivity index (χ0n) is 11.9. The Morgan fingerprint density at radius 2 is 2.05 bits per heavy atom. The van der Waals surface area contributed by atoms with Gasteiger partial charge in [0.2, 0.25) is 17.2 Å². The van der Waals surface area contributed by atoms with Crippen LogP contribution in [-0.2, 0) is 4.43 Å². The van der Waals surface area contributed by atoms with Gasteiger partial charge in [0.1, 0.15) is 5.75 Å². The molecule has 1 aliphatic carbocycles. The van der Waals surface area contributed by atoms with Crippen molar-refractivity contribution >= 4 is 51.8 Å². The summed E-state index contributed by atoms with van der Waals surface area (Å²) in [4.78, 5) is 12.5. The molecule has 2 aromatic rings. The summed E-state index contributed by atoms with van der Waals surface area (Å²) >= 11 is 8.26. The van der Waals surface area contributed by atoms with E-state index in [-0.39, 0.29) is 5.28 Å². The quantitative estimate of drug-likeness (QED) is 0.536. The van der Waals surface area contributed by atoms with Crippen molar-refractivity contribution in [2.45, 2.75) is 23.3 Å². The average molecular weight is 432 g/mol. The van der Waals surface area contributed by atoms with Crippen LogP contribution in [0, 0.1) is 0 Å². The molecule has 1 aromatic heterocycles. The highest BCUT2D eigenvalue weighted by molar-refractivity contribution is 14.1. The summed E-state index contributed by atoms with van der Waals surface area (Å²) in [5.74, 6) is 1.80. The van der Waals surface area contributed by atoms with Crippen LogP contribution in [0.25, 0.3) is 0 Å². The van der Waals surface area contributed by atoms with Crippen molar-refractivity contribution in [3.63, 3.8) is 0 Å². The summed E-state index contributed by atoms with van der Waals surface area (Å²) < 4.78 is 6.18. The Labute approximate surface area is 147 Å². The summed E-state index contributed by atoms with van der Waals surface area (Å²) in [7, 11) is 1.67. The molecule has 116 valence electrons. The number of rotatable bonds is 6. The zero-order chi connectivity index (χ0) is 15.5. The second-order valence-corrected chi connectivity index (χ2v) is 6.06. The number of anilines is 3. The van der Waals surface area contributed by atoms with Crippen LogP contribution < -0.4 is 15.4 Å². The van der Waals surface area contributed by atoms with E-state index in [1.54, 1.807) is 7.11 Å². The third-order valence-corrected chi connectivity index (χ3v) is 4.19. The van der Waals surface area contributed by atoms with E-state index in [1.807, 2.05) is 18.2 Å². The predicted molar refractivity (Wildman–Crippen MR) is 95.5 cm³/mol. The minimum atomic E-state index is 0.170. The molecule has 0 atom stereocenters. The molecule has 0 amide bonds. The molecule has 8 heteroatoms. The van der Waals surface area contributed by atoms with E-state index in [1.165, 1.54) is 0 Å². The predicted octanol–water partition coefficient (Wildman–Crippen LogP) is 3.79. The average Bonchev–Trinajstić information content (AvgIpc) is 3.30. The topological polar surface area (TPSA) is 72.0 Å². The van der Waals surface area contributed by atoms with Crippen molar-refractivity contribution in [2.75, 3.05) is 17.7 Å². The number of benzene rings is 1. The number of aromatic nitrogens is 3. The van der Waals surface area contributed by atoms with Crippen molar-refractivity contribution in [1.82, 2.24) is 15.0 Å². The SMILES string of the molecule is COc1ccc(Nc2nc(Cl)nc(NC3CC3)n2)cc1CI. The van der Waals surface area contributed by atoms with Gasteiger partial charge in [0.25, 0.3) is 0 Å². The number of nitrogens with one attached hydrogen (secondary N) is 2. The van der Waals surface area contributed by atoms with Gasteiger partial charge < -0.3 is 15.4 Å². The third-order valence-electron chi connectivity index (χ3n) is 3.20. The summed E-state index contributed by atoms with van der Waals surface area (Å²) in [6.07, 6.45) is 2.28. The molecule has 1 aromatic carbocycles. The number of methoxy groups -OCH3 is 1. The van der Waals surface area contributed by atoms with E-state index in [4.69, 9.17) is 16.3 Å². The maximum Gasteiger partial charge on any atom is 0.233 e. The van der Waals surface area contributed by atoms with Gasteiger partial charge in [-0.3, -0.25) is 0 Å². The Hall–Kier alpha value is -1.35. The first-order chi connectivity index (χ1) is 10.7. The molecule has 2 N–H and O–H groups in total. The summed E-state index contributed by atoms with van der Waals surface area (Å²) in [5.41, 5.74) is 1.98. The Morgan fingerprint density at radius 1 is 1.27 bits per heavy atom. The van der Waals surface area contributed by atoms with Crippen LogP contribution >= 0.6 is 34.2 Å². The number of ether oxygens (including phenoxy) is 1. The third kappa shape index (κ3) is 3.89. The lowest BCUT2D eigenvalue weighted by Gasteiger charge is -2.11. The van der Waals surface area contributed by atoms with Crippen LogP contribution in [0.5, 0.6) is 5.75 Å². The largest absolute Gasteiger partial charge is 0.496 e. The molecule has 1 aliphatic rings. The van der Waals surface area contributed by atoms with Crippen molar-refractivity contribution in [2.24, 2.45) is 0 Å². The number of nitrogens with zero attached hydrogens (tertiary/aromatic N) is 3. The minimum Gasteiger partial charge on any atom is -0.496 e. The Balaban J connectivity index is 1.81. The molecule has 0 unspecified atom stereocenters. The normalized spacial score (nSPS) is 13.8. The van der Waals surface area contributed by atoms with Gasteiger partial charge >= 0.3 is 0 Å². The van der Waals surface area contributed by atoms with Crippen LogP contribution in [0.15, 0.2) is 18.2 Å². The Kier molecular flexibility index (Phi) is 4.82. The highest BCUT2D eigenvalue weighted by atomic mass is 127. The van der Waals surface area contributed by atoms with Crippen LogP contribution in [-0.4, -0.2) is 28.1 Å². The van der Waals surface area contributed by atoms with Crippen molar-refractivity contribution in [3.8, 4) is 5.75 Å². The maximum absolute atomic E-state index is 5.96. The van der Waals surface area contributed by atoms with Gasteiger partial charge in [-0.2, -0.15) is 15.0 Å². The van der Waals surface area contributed by atoms with Gasteiger partial charge in [0, 0.05) is 21.7 Å². The van der Waals surface area contributed by atoms with Gasteiger partial charge in [-0.15, -0.1) is 0 Å². The molecule has 1 fully saturated rings. The van der Waals surface area contributed by atoms with Gasteiger partial charge in [0.05, 0.1) is 7.11 Å². The van der Waals surface area contributed by atoms with E-state index >= 15 is 0 Å². The standard InChI is InChI=1S/C14H15ClIN5O/c1-22-11-5-4-10(6-8(11)7-16)18-14-20-12(15)19-13(21-14)17-9-2-3-9/h4-6,9H,2-3,7H2,1H3,(H2,17,18,19,20,21). The van der Waals surface area contributed by atoms with E-state index in [0.29, 0.717) is 17.9 Å². The summed E-state index contributed by atoms with van der Waals surface area (Å²) in [6.45, 7) is 0. The molecule has 0 saturated heterocycles. The van der Waals surface area contributed by atoms with Crippen molar-refractivity contribution in [3.05, 3.63) is 29.0 Å². The van der Waals surface area contributed by atoms with E-state index in [2.05, 4.69) is 48.2 Å². The molecular formula is C14H15ClIN5O. The van der Waals surface area contributed by atoms with Crippen molar-refractivity contribution in [1.29, 1.82) is 0 Å². The summed E-state index contributed by atoms with van der Waals surface area (Å²) in [6, 6.07) is 6.30. The highest BCUT2D eigenvalue weighted by Crippen LogP contribution is 2.27. The number of alkyl halides is 1. The van der Waals surface area contributed by atoms with Crippen LogP contribution in [0.1, 0.15) is 18.4 Å². The molecule has 3 rings (SSSR count). The lowest BCUT2D eigenvalue weighted by atomic mass is 10.2. The lowest BCUT2D eigenvalue weighted by Crippen LogP contribution is -2.08. The lowest BCUT2D eigenvalue weighted by molar-refractivity contribution is 0.411. The molecule has 0 radical (unpaired) electrons. The fraction of sp³-hybridized carbons (Fsp3) is 0.357. The number of hydrogen-bond donors (Lipinski definition) is 2. The first-order valence-corrected chi connectivity index (χ1v) is 8.76. The Bertz CT molecular complexity index is 680. The van der Waals surface area contributed by atoms with Crippen LogP contribution in [0.2, 0.25) is 5.28 Å². The molecule has 0 aliphatic heterocycles. The molecule has 0 bridgehead atoms. The zero-order valence-corrected chi connectivity index (χ0v) is 14.8. The van der Waals surface area contributed by atoms with E-state index in [0.717, 1.165) is 34.3 Å². The molecule has 1 saturated carbocycles. The van der Waals surface area contributed by atoms with Gasteiger partial charge in [-0.25, -0.2) is 0 Å². The monoisotopic (exact) mass is 431 g/mol. The smallest absolute Gasteiger partial charge is 0.233 e. The number of halogens is 2.